The van der Waals surface area contributed by atoms with E-state index >= 15 is 0 Å². The molecule has 0 saturated carbocycles. The Morgan fingerprint density at radius 1 is 1.33 bits per heavy atom. The van der Waals surface area contributed by atoms with Crippen molar-refractivity contribution < 1.29 is 4.79 Å². The topological polar surface area (TPSA) is 70.7 Å². The van der Waals surface area contributed by atoms with Gasteiger partial charge in [-0.2, -0.15) is 10.1 Å². The molecule has 18 heavy (non-hydrogen) atoms. The van der Waals surface area contributed by atoms with Crippen molar-refractivity contribution in [2.45, 2.75) is 26.2 Å². The van der Waals surface area contributed by atoms with Crippen LogP contribution in [0.2, 0.25) is 0 Å². The molecule has 1 amide bonds. The number of nitrogens with one attached hydrogen (secondary N) is 2. The Kier molecular flexibility index (Phi) is 4.06. The third-order valence-electron chi connectivity index (χ3n) is 2.68. The summed E-state index contributed by atoms with van der Waals surface area (Å²) >= 11 is 0. The smallest absolute Gasteiger partial charge is 0.258 e. The first-order valence-corrected chi connectivity index (χ1v) is 6.05. The number of benzene rings is 1. The summed E-state index contributed by atoms with van der Waals surface area (Å²) in [4.78, 5) is 15.7. The first kappa shape index (κ1) is 12.3. The number of aryl methyl sites for hydroxylation is 1. The van der Waals surface area contributed by atoms with Gasteiger partial charge < -0.3 is 0 Å². The Balaban J connectivity index is 1.98. The second-order valence-corrected chi connectivity index (χ2v) is 4.09. The van der Waals surface area contributed by atoms with Crippen molar-refractivity contribution in [3.05, 3.63) is 41.7 Å². The summed E-state index contributed by atoms with van der Waals surface area (Å²) in [5.74, 6) is 0.170. The minimum Gasteiger partial charge on any atom is -0.291 e. The van der Waals surface area contributed by atoms with Gasteiger partial charge in [-0.1, -0.05) is 25.5 Å². The Bertz CT molecular complexity index is 490. The Morgan fingerprint density at radius 2 is 2.11 bits per heavy atom. The second-order valence-electron chi connectivity index (χ2n) is 4.09. The normalized spacial score (nSPS) is 10.3. The van der Waals surface area contributed by atoms with Crippen molar-refractivity contribution in [1.29, 1.82) is 0 Å². The van der Waals surface area contributed by atoms with E-state index in [4.69, 9.17) is 0 Å². The number of rotatable bonds is 5. The van der Waals surface area contributed by atoms with Crippen molar-refractivity contribution in [2.75, 3.05) is 5.32 Å². The van der Waals surface area contributed by atoms with E-state index in [0.717, 1.165) is 6.42 Å². The van der Waals surface area contributed by atoms with Gasteiger partial charge in [0.2, 0.25) is 5.95 Å². The first-order valence-electron chi connectivity index (χ1n) is 6.05. The lowest BCUT2D eigenvalue weighted by atomic mass is 10.1. The van der Waals surface area contributed by atoms with Crippen LogP contribution in [0.1, 0.15) is 35.7 Å². The van der Waals surface area contributed by atoms with Crippen LogP contribution in [0, 0.1) is 0 Å². The van der Waals surface area contributed by atoms with Crippen LogP contribution in [-0.2, 0) is 6.42 Å². The largest absolute Gasteiger partial charge is 0.291 e. The lowest BCUT2D eigenvalue weighted by molar-refractivity contribution is 0.102. The number of amides is 1. The fourth-order valence-electron chi connectivity index (χ4n) is 1.65. The molecule has 2 rings (SSSR count). The first-order chi connectivity index (χ1) is 8.79. The van der Waals surface area contributed by atoms with Gasteiger partial charge >= 0.3 is 0 Å². The predicted octanol–water partition coefficient (Wildman–Crippen LogP) is 2.40. The maximum Gasteiger partial charge on any atom is 0.258 e. The standard InChI is InChI=1S/C13H16N4O/c1-2-3-4-10-5-7-11(8-6-10)12(18)16-13-14-9-15-17-13/h5-9H,2-4H2,1H3,(H2,14,15,16,17,18). The number of H-pyrrole nitrogens is 1. The highest BCUT2D eigenvalue weighted by Crippen LogP contribution is 2.09. The summed E-state index contributed by atoms with van der Waals surface area (Å²) in [5.41, 5.74) is 1.87. The van der Waals surface area contributed by atoms with Gasteiger partial charge in [0, 0.05) is 5.56 Å². The van der Waals surface area contributed by atoms with Crippen LogP contribution in [-0.4, -0.2) is 21.1 Å². The highest BCUT2D eigenvalue weighted by atomic mass is 16.1. The Hall–Kier alpha value is -2.17. The fraction of sp³-hybridized carbons (Fsp3) is 0.308. The molecule has 5 nitrogen and oxygen atoms in total. The quantitative estimate of drug-likeness (QED) is 0.848. The summed E-state index contributed by atoms with van der Waals surface area (Å²) < 4.78 is 0. The second kappa shape index (κ2) is 5.95. The van der Waals surface area contributed by atoms with Gasteiger partial charge in [0.25, 0.3) is 5.91 Å². The van der Waals surface area contributed by atoms with Crippen LogP contribution in [0.25, 0.3) is 0 Å². The van der Waals surface area contributed by atoms with Crippen LogP contribution in [0.5, 0.6) is 0 Å². The molecular formula is C13H16N4O. The van der Waals surface area contributed by atoms with Crippen LogP contribution in [0.4, 0.5) is 5.95 Å². The predicted molar refractivity (Wildman–Crippen MR) is 69.4 cm³/mol. The zero-order valence-electron chi connectivity index (χ0n) is 10.3. The summed E-state index contributed by atoms with van der Waals surface area (Å²) in [6, 6.07) is 7.64. The Labute approximate surface area is 106 Å². The van der Waals surface area contributed by atoms with E-state index in [0.29, 0.717) is 11.5 Å². The molecule has 2 aromatic rings. The lowest BCUT2D eigenvalue weighted by Gasteiger charge is -2.03. The van der Waals surface area contributed by atoms with Crippen LogP contribution >= 0.6 is 0 Å². The molecule has 0 atom stereocenters. The number of aromatic amines is 1. The van der Waals surface area contributed by atoms with Crippen molar-refractivity contribution in [3.8, 4) is 0 Å². The molecule has 1 heterocycles. The molecule has 0 aliphatic rings. The average Bonchev–Trinajstić information content (AvgIpc) is 2.89. The summed E-state index contributed by atoms with van der Waals surface area (Å²) in [5, 5.41) is 8.88. The molecule has 2 N–H and O–H groups in total. The number of hydrogen-bond acceptors (Lipinski definition) is 3. The minimum absolute atomic E-state index is 0.186. The molecule has 0 aliphatic heterocycles. The number of carbonyl (C=O) groups excluding carboxylic acids is 1. The van der Waals surface area contributed by atoms with E-state index < -0.39 is 0 Å². The minimum atomic E-state index is -0.186. The zero-order chi connectivity index (χ0) is 12.8. The Morgan fingerprint density at radius 3 is 2.72 bits per heavy atom. The molecule has 94 valence electrons. The zero-order valence-corrected chi connectivity index (χ0v) is 10.3. The summed E-state index contributed by atoms with van der Waals surface area (Å²) in [6.45, 7) is 2.17. The molecular weight excluding hydrogens is 228 g/mol. The third-order valence-corrected chi connectivity index (χ3v) is 2.68. The number of carbonyl (C=O) groups is 1. The van der Waals surface area contributed by atoms with E-state index in [1.165, 1.54) is 24.7 Å². The molecule has 0 saturated heterocycles. The number of unbranched alkanes of at least 4 members (excludes halogenated alkanes) is 1. The van der Waals surface area contributed by atoms with Crippen LogP contribution in [0.3, 0.4) is 0 Å². The SMILES string of the molecule is CCCCc1ccc(C(=O)Nc2ncn[nH]2)cc1. The number of aromatic nitrogens is 3. The molecule has 0 aliphatic carbocycles. The van der Waals surface area contributed by atoms with Crippen molar-refractivity contribution >= 4 is 11.9 Å². The maximum atomic E-state index is 11.8. The van der Waals surface area contributed by atoms with Gasteiger partial charge in [0.1, 0.15) is 6.33 Å². The van der Waals surface area contributed by atoms with Crippen molar-refractivity contribution in [2.24, 2.45) is 0 Å². The molecule has 0 bridgehead atoms. The number of nitrogens with zero attached hydrogens (tertiary/aromatic N) is 2. The van der Waals surface area contributed by atoms with Gasteiger partial charge in [-0.05, 0) is 30.5 Å². The fourth-order valence-corrected chi connectivity index (χ4v) is 1.65. The highest BCUT2D eigenvalue weighted by Gasteiger charge is 2.07. The van der Waals surface area contributed by atoms with E-state index in [2.05, 4.69) is 27.4 Å². The van der Waals surface area contributed by atoms with E-state index in [1.54, 1.807) is 0 Å². The van der Waals surface area contributed by atoms with Gasteiger partial charge in [-0.15, -0.1) is 0 Å². The van der Waals surface area contributed by atoms with Crippen LogP contribution in [0.15, 0.2) is 30.6 Å². The third kappa shape index (κ3) is 3.16. The average molecular weight is 244 g/mol. The molecule has 5 heteroatoms. The monoisotopic (exact) mass is 244 g/mol. The molecule has 0 spiro atoms. The molecule has 0 unspecified atom stereocenters. The molecule has 0 fully saturated rings. The number of hydrogen-bond donors (Lipinski definition) is 2. The van der Waals surface area contributed by atoms with Gasteiger partial charge in [-0.25, -0.2) is 5.10 Å². The lowest BCUT2D eigenvalue weighted by Crippen LogP contribution is -2.12. The van der Waals surface area contributed by atoms with Gasteiger partial charge in [-0.3, -0.25) is 10.1 Å². The van der Waals surface area contributed by atoms with E-state index in [1.807, 2.05) is 24.3 Å². The molecule has 1 aromatic carbocycles. The summed E-state index contributed by atoms with van der Waals surface area (Å²) in [6.07, 6.45) is 4.75. The van der Waals surface area contributed by atoms with Gasteiger partial charge in [0.05, 0.1) is 0 Å². The number of anilines is 1. The van der Waals surface area contributed by atoms with Crippen LogP contribution < -0.4 is 5.32 Å². The molecule has 0 radical (unpaired) electrons. The van der Waals surface area contributed by atoms with E-state index in [9.17, 15) is 4.79 Å². The maximum absolute atomic E-state index is 11.8. The van der Waals surface area contributed by atoms with Crippen molar-refractivity contribution in [1.82, 2.24) is 15.2 Å². The summed E-state index contributed by atoms with van der Waals surface area (Å²) in [7, 11) is 0. The van der Waals surface area contributed by atoms with Crippen molar-refractivity contribution in [3.63, 3.8) is 0 Å². The van der Waals surface area contributed by atoms with Gasteiger partial charge in [0.15, 0.2) is 0 Å². The van der Waals surface area contributed by atoms with E-state index in [-0.39, 0.29) is 5.91 Å². The highest BCUT2D eigenvalue weighted by molar-refractivity contribution is 6.03. The molecule has 1 aromatic heterocycles.